The summed E-state index contributed by atoms with van der Waals surface area (Å²) >= 11 is 0. The van der Waals surface area contributed by atoms with Crippen molar-refractivity contribution in [2.24, 2.45) is 5.10 Å². The van der Waals surface area contributed by atoms with E-state index in [9.17, 15) is 9.59 Å². The standard InChI is InChI=1S/C21H20N2O5/c1-3-27-19-12-15(9-10-18(19)28-13-20(24)25)11-17-14(2)22-23(21(17)26)16-7-5-4-6-8-16/h4-12H,3,13H2,1-2H3,(H,24,25)/b17-11-. The highest BCUT2D eigenvalue weighted by Gasteiger charge is 2.28. The van der Waals surface area contributed by atoms with Crippen molar-refractivity contribution in [2.75, 3.05) is 18.2 Å². The molecule has 28 heavy (non-hydrogen) atoms. The maximum Gasteiger partial charge on any atom is 0.341 e. The molecule has 1 heterocycles. The Bertz CT molecular complexity index is 951. The van der Waals surface area contributed by atoms with Crippen LogP contribution in [0, 0.1) is 0 Å². The van der Waals surface area contributed by atoms with E-state index in [1.807, 2.05) is 37.3 Å². The van der Waals surface area contributed by atoms with Gasteiger partial charge in [0.1, 0.15) is 0 Å². The van der Waals surface area contributed by atoms with Crippen molar-refractivity contribution < 1.29 is 24.2 Å². The fraction of sp³-hybridized carbons (Fsp3) is 0.190. The van der Waals surface area contributed by atoms with Gasteiger partial charge in [0.15, 0.2) is 18.1 Å². The molecule has 144 valence electrons. The van der Waals surface area contributed by atoms with Crippen molar-refractivity contribution in [2.45, 2.75) is 13.8 Å². The summed E-state index contributed by atoms with van der Waals surface area (Å²) in [5.74, 6) is -0.538. The number of carboxylic acid groups (broad SMARTS) is 1. The molecular formula is C21H20N2O5. The van der Waals surface area contributed by atoms with Gasteiger partial charge in [-0.15, -0.1) is 0 Å². The third-order valence-corrected chi connectivity index (χ3v) is 3.99. The Kier molecular flexibility index (Phi) is 5.74. The predicted octanol–water partition coefficient (Wildman–Crippen LogP) is 3.35. The Hall–Kier alpha value is -3.61. The van der Waals surface area contributed by atoms with Gasteiger partial charge in [0.25, 0.3) is 5.91 Å². The molecule has 7 heteroatoms. The first-order valence-electron chi connectivity index (χ1n) is 8.78. The predicted molar refractivity (Wildman–Crippen MR) is 106 cm³/mol. The average molecular weight is 380 g/mol. The van der Waals surface area contributed by atoms with Crippen LogP contribution < -0.4 is 14.5 Å². The largest absolute Gasteiger partial charge is 0.490 e. The quantitative estimate of drug-likeness (QED) is 0.744. The van der Waals surface area contributed by atoms with E-state index in [0.29, 0.717) is 35.1 Å². The number of para-hydroxylation sites is 1. The maximum atomic E-state index is 12.8. The van der Waals surface area contributed by atoms with Crippen molar-refractivity contribution in [3.05, 3.63) is 59.7 Å². The van der Waals surface area contributed by atoms with Gasteiger partial charge in [-0.25, -0.2) is 4.79 Å². The molecule has 1 aliphatic heterocycles. The van der Waals surface area contributed by atoms with Gasteiger partial charge < -0.3 is 14.6 Å². The molecule has 1 amide bonds. The Morgan fingerprint density at radius 2 is 1.89 bits per heavy atom. The summed E-state index contributed by atoms with van der Waals surface area (Å²) in [6.45, 7) is 3.53. The highest BCUT2D eigenvalue weighted by atomic mass is 16.5. The van der Waals surface area contributed by atoms with Crippen LogP contribution in [0.3, 0.4) is 0 Å². The molecular weight excluding hydrogens is 360 g/mol. The first-order chi connectivity index (χ1) is 13.5. The van der Waals surface area contributed by atoms with Crippen molar-refractivity contribution in [1.82, 2.24) is 0 Å². The number of aliphatic carboxylic acids is 1. The number of rotatable bonds is 7. The minimum Gasteiger partial charge on any atom is -0.490 e. The van der Waals surface area contributed by atoms with Gasteiger partial charge in [-0.2, -0.15) is 10.1 Å². The van der Waals surface area contributed by atoms with E-state index >= 15 is 0 Å². The molecule has 0 saturated heterocycles. The lowest BCUT2D eigenvalue weighted by molar-refractivity contribution is -0.139. The number of benzene rings is 2. The molecule has 0 saturated carbocycles. The van der Waals surface area contributed by atoms with E-state index in [1.165, 1.54) is 5.01 Å². The zero-order valence-electron chi connectivity index (χ0n) is 15.6. The molecule has 1 aliphatic rings. The number of hydrogen-bond donors (Lipinski definition) is 1. The van der Waals surface area contributed by atoms with Gasteiger partial charge in [-0.1, -0.05) is 24.3 Å². The van der Waals surface area contributed by atoms with E-state index in [0.717, 1.165) is 5.56 Å². The second-order valence-electron chi connectivity index (χ2n) is 6.02. The van der Waals surface area contributed by atoms with Gasteiger partial charge in [0.05, 0.1) is 23.6 Å². The van der Waals surface area contributed by atoms with Crippen LogP contribution in [0.4, 0.5) is 5.69 Å². The van der Waals surface area contributed by atoms with Crippen molar-refractivity contribution >= 4 is 29.4 Å². The van der Waals surface area contributed by atoms with E-state index in [2.05, 4.69) is 5.10 Å². The average Bonchev–Trinajstić information content (AvgIpc) is 2.96. The minimum absolute atomic E-state index is 0.215. The number of hydrazone groups is 1. The summed E-state index contributed by atoms with van der Waals surface area (Å²) in [7, 11) is 0. The molecule has 0 aromatic heterocycles. The molecule has 0 spiro atoms. The number of carboxylic acids is 1. The summed E-state index contributed by atoms with van der Waals surface area (Å²) in [6.07, 6.45) is 1.73. The van der Waals surface area contributed by atoms with Crippen LogP contribution in [-0.2, 0) is 9.59 Å². The first kappa shape index (κ1) is 19.2. The number of carbonyl (C=O) groups excluding carboxylic acids is 1. The molecule has 2 aromatic carbocycles. The van der Waals surface area contributed by atoms with E-state index in [1.54, 1.807) is 31.2 Å². The Morgan fingerprint density at radius 1 is 1.14 bits per heavy atom. The molecule has 0 fully saturated rings. The highest BCUT2D eigenvalue weighted by molar-refractivity contribution is 6.32. The Balaban J connectivity index is 1.88. The fourth-order valence-electron chi connectivity index (χ4n) is 2.74. The zero-order valence-corrected chi connectivity index (χ0v) is 15.6. The number of nitrogens with zero attached hydrogens (tertiary/aromatic N) is 2. The van der Waals surface area contributed by atoms with Gasteiger partial charge in [-0.3, -0.25) is 4.79 Å². The Morgan fingerprint density at radius 3 is 2.57 bits per heavy atom. The molecule has 3 rings (SSSR count). The van der Waals surface area contributed by atoms with Crippen molar-refractivity contribution in [3.63, 3.8) is 0 Å². The first-order valence-corrected chi connectivity index (χ1v) is 8.78. The minimum atomic E-state index is -1.07. The van der Waals surface area contributed by atoms with E-state index in [-0.39, 0.29) is 5.91 Å². The van der Waals surface area contributed by atoms with Crippen LogP contribution in [-0.4, -0.2) is 35.9 Å². The summed E-state index contributed by atoms with van der Waals surface area (Å²) in [4.78, 5) is 23.5. The van der Waals surface area contributed by atoms with Crippen molar-refractivity contribution in [1.29, 1.82) is 0 Å². The maximum absolute atomic E-state index is 12.8. The summed E-state index contributed by atoms with van der Waals surface area (Å²) < 4.78 is 10.8. The highest BCUT2D eigenvalue weighted by Crippen LogP contribution is 2.31. The summed E-state index contributed by atoms with van der Waals surface area (Å²) in [6, 6.07) is 14.3. The van der Waals surface area contributed by atoms with E-state index < -0.39 is 12.6 Å². The van der Waals surface area contributed by atoms with Crippen LogP contribution in [0.1, 0.15) is 19.4 Å². The number of amides is 1. The van der Waals surface area contributed by atoms with Crippen LogP contribution >= 0.6 is 0 Å². The van der Waals surface area contributed by atoms with Crippen LogP contribution in [0.2, 0.25) is 0 Å². The van der Waals surface area contributed by atoms with Crippen molar-refractivity contribution in [3.8, 4) is 11.5 Å². The molecule has 7 nitrogen and oxygen atoms in total. The van der Waals surface area contributed by atoms with Gasteiger partial charge in [0.2, 0.25) is 0 Å². The lowest BCUT2D eigenvalue weighted by Crippen LogP contribution is -2.21. The molecule has 0 unspecified atom stereocenters. The topological polar surface area (TPSA) is 88.4 Å². The third kappa shape index (κ3) is 4.20. The number of anilines is 1. The summed E-state index contributed by atoms with van der Waals surface area (Å²) in [5.41, 5.74) is 2.50. The molecule has 0 aliphatic carbocycles. The third-order valence-electron chi connectivity index (χ3n) is 3.99. The van der Waals surface area contributed by atoms with Gasteiger partial charge in [-0.05, 0) is 49.8 Å². The SMILES string of the molecule is CCOc1cc(/C=C2\C(=O)N(c3ccccc3)N=C2C)ccc1OCC(=O)O. The molecule has 0 radical (unpaired) electrons. The second kappa shape index (κ2) is 8.39. The lowest BCUT2D eigenvalue weighted by Gasteiger charge is -2.12. The monoisotopic (exact) mass is 380 g/mol. The Labute approximate surface area is 162 Å². The number of ether oxygens (including phenoxy) is 2. The molecule has 2 aromatic rings. The van der Waals surface area contributed by atoms with E-state index in [4.69, 9.17) is 14.6 Å². The zero-order chi connectivity index (χ0) is 20.1. The summed E-state index contributed by atoms with van der Waals surface area (Å²) in [5, 5.41) is 14.5. The second-order valence-corrected chi connectivity index (χ2v) is 6.02. The smallest absolute Gasteiger partial charge is 0.341 e. The molecule has 0 atom stereocenters. The van der Waals surface area contributed by atoms with Gasteiger partial charge in [0, 0.05) is 0 Å². The normalized spacial score (nSPS) is 14.9. The molecule has 1 N–H and O–H groups in total. The van der Waals surface area contributed by atoms with Crippen LogP contribution in [0.5, 0.6) is 11.5 Å². The molecule has 0 bridgehead atoms. The van der Waals surface area contributed by atoms with Crippen LogP contribution in [0.25, 0.3) is 6.08 Å². The number of carbonyl (C=O) groups is 2. The number of hydrogen-bond acceptors (Lipinski definition) is 5. The fourth-order valence-corrected chi connectivity index (χ4v) is 2.74. The lowest BCUT2D eigenvalue weighted by atomic mass is 10.1. The van der Waals surface area contributed by atoms with Gasteiger partial charge >= 0.3 is 5.97 Å². The van der Waals surface area contributed by atoms with Crippen LogP contribution in [0.15, 0.2) is 59.2 Å².